The normalized spacial score (nSPS) is 12.5. The van der Waals surface area contributed by atoms with E-state index in [1.165, 1.54) is 122 Å². The molecule has 0 aromatic carbocycles. The molecule has 0 aliphatic rings. The van der Waals surface area contributed by atoms with Crippen molar-refractivity contribution in [2.75, 3.05) is 13.2 Å². The second-order valence-corrected chi connectivity index (χ2v) is 16.8. The average Bonchev–Trinajstić information content (AvgIpc) is 3.24. The molecule has 0 aromatic heterocycles. The number of hydrogen-bond donors (Lipinski definition) is 0. The molecule has 0 spiro atoms. The minimum atomic E-state index is -0.782. The van der Waals surface area contributed by atoms with Crippen molar-refractivity contribution >= 4 is 17.9 Å². The van der Waals surface area contributed by atoms with Crippen LogP contribution in [0.1, 0.15) is 245 Å². The molecule has 1 unspecified atom stereocenters. The Morgan fingerprint density at radius 3 is 1.05 bits per heavy atom. The summed E-state index contributed by atoms with van der Waals surface area (Å²) in [5.74, 6) is -0.905. The van der Waals surface area contributed by atoms with E-state index in [0.717, 1.165) is 83.5 Å². The standard InChI is InChI=1S/C54H94O6/c1-4-7-10-13-16-19-22-24-25-26-27-28-29-31-32-35-38-41-44-47-53(56)59-50-51(49-58-52(55)46-43-40-37-34-21-18-15-12-9-6-3)60-54(57)48-45-42-39-36-33-30-23-20-17-14-11-8-5-2/h8,11,14,16-17,19-20,22-24,51H,4-7,9-10,12-13,15,18,21,25-50H2,1-3H3/b11-8-,17-14-,19-16-,23-20-,24-22-. The molecule has 0 aliphatic heterocycles. The molecule has 0 aliphatic carbocycles. The molecule has 0 fully saturated rings. The van der Waals surface area contributed by atoms with Crippen molar-refractivity contribution in [1.29, 1.82) is 0 Å². The summed E-state index contributed by atoms with van der Waals surface area (Å²) in [6, 6.07) is 0. The van der Waals surface area contributed by atoms with Crippen molar-refractivity contribution in [3.8, 4) is 0 Å². The van der Waals surface area contributed by atoms with Crippen molar-refractivity contribution in [1.82, 2.24) is 0 Å². The molecule has 346 valence electrons. The molecule has 0 radical (unpaired) electrons. The van der Waals surface area contributed by atoms with Crippen LogP contribution in [0.4, 0.5) is 0 Å². The fourth-order valence-electron chi connectivity index (χ4n) is 7.02. The zero-order chi connectivity index (χ0) is 43.7. The van der Waals surface area contributed by atoms with Crippen molar-refractivity contribution in [3.63, 3.8) is 0 Å². The maximum absolute atomic E-state index is 12.7. The van der Waals surface area contributed by atoms with E-state index in [9.17, 15) is 14.4 Å². The zero-order valence-corrected chi connectivity index (χ0v) is 39.5. The summed E-state index contributed by atoms with van der Waals surface area (Å²) in [4.78, 5) is 37.9. The number of hydrogen-bond acceptors (Lipinski definition) is 6. The van der Waals surface area contributed by atoms with Crippen LogP contribution in [-0.2, 0) is 28.6 Å². The van der Waals surface area contributed by atoms with Gasteiger partial charge in [0.2, 0.25) is 0 Å². The van der Waals surface area contributed by atoms with E-state index < -0.39 is 6.10 Å². The Kier molecular flexibility index (Phi) is 46.4. The van der Waals surface area contributed by atoms with Crippen LogP contribution in [0.25, 0.3) is 0 Å². The third-order valence-corrected chi connectivity index (χ3v) is 10.8. The maximum atomic E-state index is 12.7. The molecule has 6 nitrogen and oxygen atoms in total. The van der Waals surface area contributed by atoms with Gasteiger partial charge < -0.3 is 14.2 Å². The van der Waals surface area contributed by atoms with Gasteiger partial charge in [-0.25, -0.2) is 0 Å². The lowest BCUT2D eigenvalue weighted by Crippen LogP contribution is -2.30. The van der Waals surface area contributed by atoms with Gasteiger partial charge in [-0.1, -0.05) is 223 Å². The first-order chi connectivity index (χ1) is 29.5. The van der Waals surface area contributed by atoms with Gasteiger partial charge in [0, 0.05) is 19.3 Å². The van der Waals surface area contributed by atoms with Gasteiger partial charge in [-0.2, -0.15) is 0 Å². The molecule has 0 amide bonds. The molecule has 0 bridgehead atoms. The lowest BCUT2D eigenvalue weighted by molar-refractivity contribution is -0.167. The third-order valence-electron chi connectivity index (χ3n) is 10.8. The van der Waals surface area contributed by atoms with Gasteiger partial charge in [-0.3, -0.25) is 14.4 Å². The predicted octanol–water partition coefficient (Wildman–Crippen LogP) is 16.5. The molecule has 0 saturated heterocycles. The topological polar surface area (TPSA) is 78.9 Å². The molecule has 0 aromatic rings. The summed E-state index contributed by atoms with van der Waals surface area (Å²) in [6.07, 6.45) is 59.2. The van der Waals surface area contributed by atoms with Crippen LogP contribution in [0, 0.1) is 0 Å². The smallest absolute Gasteiger partial charge is 0.306 e. The number of rotatable bonds is 45. The van der Waals surface area contributed by atoms with E-state index in [0.29, 0.717) is 19.3 Å². The van der Waals surface area contributed by atoms with Gasteiger partial charge in [0.25, 0.3) is 0 Å². The molecular formula is C54H94O6. The molecule has 0 saturated carbocycles. The molecule has 1 atom stereocenters. The Morgan fingerprint density at radius 2 is 0.650 bits per heavy atom. The van der Waals surface area contributed by atoms with E-state index in [1.54, 1.807) is 0 Å². The number of carbonyl (C=O) groups excluding carboxylic acids is 3. The highest BCUT2D eigenvalue weighted by Gasteiger charge is 2.19. The molecule has 0 N–H and O–H groups in total. The first kappa shape index (κ1) is 57.1. The summed E-state index contributed by atoms with van der Waals surface area (Å²) in [7, 11) is 0. The summed E-state index contributed by atoms with van der Waals surface area (Å²) in [5, 5.41) is 0. The zero-order valence-electron chi connectivity index (χ0n) is 39.5. The molecule has 0 rings (SSSR count). The van der Waals surface area contributed by atoms with Crippen LogP contribution in [0.3, 0.4) is 0 Å². The molecule has 60 heavy (non-hydrogen) atoms. The van der Waals surface area contributed by atoms with Crippen molar-refractivity contribution in [3.05, 3.63) is 60.8 Å². The lowest BCUT2D eigenvalue weighted by Gasteiger charge is -2.18. The second kappa shape index (κ2) is 48.8. The Labute approximate surface area is 370 Å². The SMILES string of the molecule is CC\C=C/C=C\C=C/CCCCCCCC(=O)OC(COC(=O)CCCCCCCCCCCC)COC(=O)CCCCCCCCCCCC/C=C\C=C/CCCCC. The first-order valence-electron chi connectivity index (χ1n) is 25.3. The van der Waals surface area contributed by atoms with E-state index in [4.69, 9.17) is 14.2 Å². The number of carbonyl (C=O) groups is 3. The summed E-state index contributed by atoms with van der Waals surface area (Å²) >= 11 is 0. The highest BCUT2D eigenvalue weighted by atomic mass is 16.6. The summed E-state index contributed by atoms with van der Waals surface area (Å²) in [6.45, 7) is 6.45. The fraction of sp³-hybridized carbons (Fsp3) is 0.759. The van der Waals surface area contributed by atoms with Gasteiger partial charge in [0.1, 0.15) is 13.2 Å². The van der Waals surface area contributed by atoms with Crippen molar-refractivity contribution in [2.45, 2.75) is 252 Å². The monoisotopic (exact) mass is 839 g/mol. The van der Waals surface area contributed by atoms with Crippen LogP contribution in [0.15, 0.2) is 60.8 Å². The van der Waals surface area contributed by atoms with Crippen LogP contribution in [0.5, 0.6) is 0 Å². The Morgan fingerprint density at radius 1 is 0.350 bits per heavy atom. The Hall–Kier alpha value is -2.89. The first-order valence-corrected chi connectivity index (χ1v) is 25.3. The van der Waals surface area contributed by atoms with Crippen LogP contribution < -0.4 is 0 Å². The third kappa shape index (κ3) is 46.2. The summed E-state index contributed by atoms with van der Waals surface area (Å²) < 4.78 is 16.7. The van der Waals surface area contributed by atoms with Gasteiger partial charge in [0.15, 0.2) is 6.10 Å². The second-order valence-electron chi connectivity index (χ2n) is 16.8. The van der Waals surface area contributed by atoms with Gasteiger partial charge in [-0.05, 0) is 64.2 Å². The quantitative estimate of drug-likeness (QED) is 0.0263. The average molecular weight is 839 g/mol. The largest absolute Gasteiger partial charge is 0.462 e. The molecular weight excluding hydrogens is 745 g/mol. The number of ether oxygens (including phenoxy) is 3. The predicted molar refractivity (Wildman–Crippen MR) is 256 cm³/mol. The van der Waals surface area contributed by atoms with Crippen molar-refractivity contribution in [2.24, 2.45) is 0 Å². The van der Waals surface area contributed by atoms with Crippen LogP contribution in [0.2, 0.25) is 0 Å². The van der Waals surface area contributed by atoms with Gasteiger partial charge >= 0.3 is 17.9 Å². The van der Waals surface area contributed by atoms with E-state index in [-0.39, 0.29) is 31.1 Å². The Balaban J connectivity index is 4.33. The van der Waals surface area contributed by atoms with Gasteiger partial charge in [-0.15, -0.1) is 0 Å². The fourth-order valence-corrected chi connectivity index (χ4v) is 7.02. The lowest BCUT2D eigenvalue weighted by atomic mass is 10.1. The highest BCUT2D eigenvalue weighted by molar-refractivity contribution is 5.71. The van der Waals surface area contributed by atoms with Crippen LogP contribution in [-0.4, -0.2) is 37.2 Å². The Bertz CT molecular complexity index is 1100. The van der Waals surface area contributed by atoms with E-state index in [1.807, 2.05) is 0 Å². The van der Waals surface area contributed by atoms with Gasteiger partial charge in [0.05, 0.1) is 0 Å². The summed E-state index contributed by atoms with van der Waals surface area (Å²) in [5.41, 5.74) is 0. The van der Waals surface area contributed by atoms with E-state index >= 15 is 0 Å². The minimum absolute atomic E-state index is 0.0822. The molecule has 0 heterocycles. The number of allylic oxidation sites excluding steroid dienone is 10. The molecule has 6 heteroatoms. The highest BCUT2D eigenvalue weighted by Crippen LogP contribution is 2.15. The van der Waals surface area contributed by atoms with E-state index in [2.05, 4.69) is 81.5 Å². The number of esters is 3. The number of unbranched alkanes of at least 4 members (excludes halogenated alkanes) is 27. The van der Waals surface area contributed by atoms with Crippen LogP contribution >= 0.6 is 0 Å². The maximum Gasteiger partial charge on any atom is 0.306 e. The minimum Gasteiger partial charge on any atom is -0.462 e. The van der Waals surface area contributed by atoms with Crippen molar-refractivity contribution < 1.29 is 28.6 Å².